The van der Waals surface area contributed by atoms with E-state index in [1.807, 2.05) is 0 Å². The predicted molar refractivity (Wildman–Crippen MR) is 53.7 cm³/mol. The predicted octanol–water partition coefficient (Wildman–Crippen LogP) is -0.0693. The van der Waals surface area contributed by atoms with Crippen molar-refractivity contribution >= 4 is 5.84 Å². The number of hydrogen-bond donors (Lipinski definition) is 1. The summed E-state index contributed by atoms with van der Waals surface area (Å²) in [6.07, 6.45) is 2.35. The van der Waals surface area contributed by atoms with Crippen LogP contribution < -0.4 is 5.43 Å². The maximum Gasteiger partial charge on any atom is 0.111 e. The number of likely N-dealkylation sites (N-methyl/N-ethyl adjacent to an activating group) is 1. The Balaban J connectivity index is 1.75. The van der Waals surface area contributed by atoms with Gasteiger partial charge in [0.2, 0.25) is 0 Å². The molecule has 2 rings (SSSR count). The van der Waals surface area contributed by atoms with Gasteiger partial charge in [-0.2, -0.15) is 0 Å². The molecule has 13 heavy (non-hydrogen) atoms. The lowest BCUT2D eigenvalue weighted by atomic mass is 10.3. The van der Waals surface area contributed by atoms with Crippen LogP contribution in [0, 0.1) is 0 Å². The minimum absolute atomic E-state index is 1.01. The number of nitrogens with one attached hydrogen (secondary N) is 1. The van der Waals surface area contributed by atoms with Crippen LogP contribution in [0.2, 0.25) is 0 Å². The molecule has 74 valence electrons. The SMILES string of the molecule is CN1CCN(NC2=NCCC2)CC1. The van der Waals surface area contributed by atoms with Crippen LogP contribution in [0.15, 0.2) is 4.99 Å². The van der Waals surface area contributed by atoms with E-state index in [2.05, 4.69) is 27.4 Å². The molecule has 0 aliphatic carbocycles. The maximum absolute atomic E-state index is 4.40. The van der Waals surface area contributed by atoms with Gasteiger partial charge in [-0.25, -0.2) is 5.01 Å². The van der Waals surface area contributed by atoms with Gasteiger partial charge in [-0.1, -0.05) is 0 Å². The number of hydrogen-bond acceptors (Lipinski definition) is 4. The molecule has 4 nitrogen and oxygen atoms in total. The van der Waals surface area contributed by atoms with Crippen molar-refractivity contribution in [2.24, 2.45) is 4.99 Å². The van der Waals surface area contributed by atoms with Crippen LogP contribution in [0.4, 0.5) is 0 Å². The Kier molecular flexibility index (Phi) is 2.80. The fourth-order valence-corrected chi connectivity index (χ4v) is 1.73. The molecule has 2 aliphatic heterocycles. The van der Waals surface area contributed by atoms with Crippen molar-refractivity contribution in [1.82, 2.24) is 15.3 Å². The summed E-state index contributed by atoms with van der Waals surface area (Å²) in [6.45, 7) is 5.53. The van der Waals surface area contributed by atoms with Crippen molar-refractivity contribution in [3.05, 3.63) is 0 Å². The van der Waals surface area contributed by atoms with E-state index >= 15 is 0 Å². The topological polar surface area (TPSA) is 30.9 Å². The zero-order valence-electron chi connectivity index (χ0n) is 8.29. The van der Waals surface area contributed by atoms with Crippen LogP contribution in [0.1, 0.15) is 12.8 Å². The lowest BCUT2D eigenvalue weighted by molar-refractivity contribution is 0.130. The van der Waals surface area contributed by atoms with Gasteiger partial charge in [0.05, 0.1) is 0 Å². The molecule has 0 saturated carbocycles. The fourth-order valence-electron chi connectivity index (χ4n) is 1.73. The summed E-state index contributed by atoms with van der Waals surface area (Å²) in [5.74, 6) is 1.18. The van der Waals surface area contributed by atoms with Gasteiger partial charge in [-0.3, -0.25) is 4.99 Å². The Morgan fingerprint density at radius 1 is 1.23 bits per heavy atom. The number of hydrazine groups is 1. The van der Waals surface area contributed by atoms with Crippen molar-refractivity contribution in [2.45, 2.75) is 12.8 Å². The van der Waals surface area contributed by atoms with Crippen LogP contribution in [-0.4, -0.2) is 55.5 Å². The first kappa shape index (κ1) is 8.97. The zero-order chi connectivity index (χ0) is 9.10. The van der Waals surface area contributed by atoms with Gasteiger partial charge < -0.3 is 10.3 Å². The molecule has 0 unspecified atom stereocenters. The maximum atomic E-state index is 4.40. The Hall–Kier alpha value is -0.610. The number of rotatable bonds is 1. The first-order valence-electron chi connectivity index (χ1n) is 5.08. The second-order valence-corrected chi connectivity index (χ2v) is 3.83. The molecule has 1 fully saturated rings. The summed E-state index contributed by atoms with van der Waals surface area (Å²) in [5.41, 5.74) is 3.40. The van der Waals surface area contributed by atoms with Gasteiger partial charge >= 0.3 is 0 Å². The van der Waals surface area contributed by atoms with Gasteiger partial charge in [0.1, 0.15) is 5.84 Å². The van der Waals surface area contributed by atoms with Crippen LogP contribution in [0.3, 0.4) is 0 Å². The molecule has 0 amide bonds. The number of nitrogens with zero attached hydrogens (tertiary/aromatic N) is 3. The van der Waals surface area contributed by atoms with Gasteiger partial charge in [0, 0.05) is 39.1 Å². The third kappa shape index (κ3) is 2.42. The van der Waals surface area contributed by atoms with Crippen molar-refractivity contribution in [3.8, 4) is 0 Å². The average molecular weight is 182 g/mol. The molecule has 1 N–H and O–H groups in total. The van der Waals surface area contributed by atoms with E-state index < -0.39 is 0 Å². The lowest BCUT2D eigenvalue weighted by Gasteiger charge is -2.32. The Morgan fingerprint density at radius 3 is 2.62 bits per heavy atom. The molecule has 1 saturated heterocycles. The molecule has 4 heteroatoms. The quantitative estimate of drug-likeness (QED) is 0.616. The van der Waals surface area contributed by atoms with E-state index in [-0.39, 0.29) is 0 Å². The van der Waals surface area contributed by atoms with E-state index in [4.69, 9.17) is 0 Å². The summed E-state index contributed by atoms with van der Waals surface area (Å²) in [4.78, 5) is 6.75. The number of amidine groups is 1. The highest BCUT2D eigenvalue weighted by Crippen LogP contribution is 2.03. The molecule has 0 aromatic rings. The third-order valence-corrected chi connectivity index (χ3v) is 2.66. The highest BCUT2D eigenvalue weighted by Gasteiger charge is 2.15. The first-order valence-corrected chi connectivity index (χ1v) is 5.08. The van der Waals surface area contributed by atoms with Crippen LogP contribution in [-0.2, 0) is 0 Å². The minimum atomic E-state index is 1.01. The molecule has 0 aromatic carbocycles. The second kappa shape index (κ2) is 4.07. The largest absolute Gasteiger partial charge is 0.307 e. The highest BCUT2D eigenvalue weighted by atomic mass is 15.5. The smallest absolute Gasteiger partial charge is 0.111 e. The summed E-state index contributed by atoms with van der Waals surface area (Å²) < 4.78 is 0. The first-order chi connectivity index (χ1) is 6.34. The summed E-state index contributed by atoms with van der Waals surface area (Å²) in [5, 5.41) is 2.28. The van der Waals surface area contributed by atoms with E-state index in [1.165, 1.54) is 12.3 Å². The fraction of sp³-hybridized carbons (Fsp3) is 0.889. The second-order valence-electron chi connectivity index (χ2n) is 3.83. The highest BCUT2D eigenvalue weighted by molar-refractivity contribution is 5.83. The van der Waals surface area contributed by atoms with Crippen molar-refractivity contribution in [3.63, 3.8) is 0 Å². The van der Waals surface area contributed by atoms with E-state index in [0.717, 1.165) is 39.1 Å². The molecule has 0 bridgehead atoms. The standard InChI is InChI=1S/C9H18N4/c1-12-5-7-13(8-6-12)11-9-3-2-4-10-9/h2-8H2,1H3,(H,10,11). The summed E-state index contributed by atoms with van der Waals surface area (Å²) >= 11 is 0. The van der Waals surface area contributed by atoms with Gasteiger partial charge in [0.15, 0.2) is 0 Å². The Morgan fingerprint density at radius 2 is 2.00 bits per heavy atom. The number of piperazine rings is 1. The monoisotopic (exact) mass is 182 g/mol. The molecule has 0 atom stereocenters. The van der Waals surface area contributed by atoms with Crippen molar-refractivity contribution < 1.29 is 0 Å². The third-order valence-electron chi connectivity index (χ3n) is 2.66. The Labute approximate surface area is 79.6 Å². The minimum Gasteiger partial charge on any atom is -0.307 e. The van der Waals surface area contributed by atoms with Gasteiger partial charge in [-0.15, -0.1) is 0 Å². The summed E-state index contributed by atoms with van der Waals surface area (Å²) in [7, 11) is 2.17. The van der Waals surface area contributed by atoms with E-state index in [1.54, 1.807) is 0 Å². The molecule has 0 radical (unpaired) electrons. The zero-order valence-corrected chi connectivity index (χ0v) is 8.29. The van der Waals surface area contributed by atoms with Crippen LogP contribution in [0.5, 0.6) is 0 Å². The molecule has 2 aliphatic rings. The molecular weight excluding hydrogens is 164 g/mol. The number of aliphatic imine (C=N–C) groups is 1. The molecular formula is C9H18N4. The van der Waals surface area contributed by atoms with Gasteiger partial charge in [-0.05, 0) is 13.5 Å². The van der Waals surface area contributed by atoms with Gasteiger partial charge in [0.25, 0.3) is 0 Å². The molecule has 0 aromatic heterocycles. The van der Waals surface area contributed by atoms with E-state index in [9.17, 15) is 0 Å². The molecule has 2 heterocycles. The van der Waals surface area contributed by atoms with Crippen LogP contribution in [0.25, 0.3) is 0 Å². The average Bonchev–Trinajstić information content (AvgIpc) is 2.62. The lowest BCUT2D eigenvalue weighted by Crippen LogP contribution is -2.52. The Bertz CT molecular complexity index is 194. The van der Waals surface area contributed by atoms with Crippen molar-refractivity contribution in [2.75, 3.05) is 39.8 Å². The van der Waals surface area contributed by atoms with Crippen molar-refractivity contribution in [1.29, 1.82) is 0 Å². The van der Waals surface area contributed by atoms with E-state index in [0.29, 0.717) is 0 Å². The normalized spacial score (nSPS) is 26.1. The summed E-state index contributed by atoms with van der Waals surface area (Å²) in [6, 6.07) is 0. The van der Waals surface area contributed by atoms with Crippen LogP contribution >= 0.6 is 0 Å². The molecule has 0 spiro atoms.